The summed E-state index contributed by atoms with van der Waals surface area (Å²) in [6.07, 6.45) is 5.22. The molecule has 2 heterocycles. The molecule has 1 N–H and O–H groups in total. The first-order chi connectivity index (χ1) is 8.22. The number of aromatic hydroxyl groups is 1. The zero-order chi connectivity index (χ0) is 11.8. The molecule has 1 aromatic rings. The molecule has 2 aliphatic rings. The van der Waals surface area contributed by atoms with Gasteiger partial charge in [-0.15, -0.1) is 0 Å². The number of benzene rings is 1. The first-order valence-electron chi connectivity index (χ1n) is 6.40. The summed E-state index contributed by atoms with van der Waals surface area (Å²) in [6, 6.07) is 9.15. The number of phenols is 1. The third-order valence-corrected chi connectivity index (χ3v) is 4.85. The Balaban J connectivity index is 1.74. The molecule has 2 aliphatic heterocycles. The van der Waals surface area contributed by atoms with Crippen LogP contribution in [0.4, 0.5) is 0 Å². The Hall–Kier alpha value is -0.540. The molecule has 0 saturated carbocycles. The average Bonchev–Trinajstić information content (AvgIpc) is 2.54. The van der Waals surface area contributed by atoms with Crippen molar-refractivity contribution in [2.45, 2.75) is 49.1 Å². The van der Waals surface area contributed by atoms with Gasteiger partial charge in [0.1, 0.15) is 5.75 Å². The van der Waals surface area contributed by atoms with Crippen molar-refractivity contribution in [1.29, 1.82) is 0 Å². The predicted octanol–water partition coefficient (Wildman–Crippen LogP) is 3.28. The van der Waals surface area contributed by atoms with Crippen LogP contribution < -0.4 is 0 Å². The molecule has 3 rings (SSSR count). The third-order valence-electron chi connectivity index (χ3n) is 4.10. The Morgan fingerprint density at radius 2 is 1.94 bits per heavy atom. The third kappa shape index (κ3) is 2.36. The fourth-order valence-electron chi connectivity index (χ4n) is 3.33. The maximum absolute atomic E-state index is 9.51. The molecule has 2 nitrogen and oxygen atoms in total. The highest BCUT2D eigenvalue weighted by Gasteiger charge is 2.39. The van der Waals surface area contributed by atoms with Gasteiger partial charge in [0, 0.05) is 23.5 Å². The smallest absolute Gasteiger partial charge is 0.115 e. The van der Waals surface area contributed by atoms with E-state index in [1.54, 1.807) is 6.07 Å². The summed E-state index contributed by atoms with van der Waals surface area (Å²) in [5, 5.41) is 9.51. The lowest BCUT2D eigenvalue weighted by Crippen LogP contribution is -2.42. The maximum atomic E-state index is 9.51. The first kappa shape index (κ1) is 11.5. The van der Waals surface area contributed by atoms with Crippen LogP contribution in [0.1, 0.15) is 31.2 Å². The monoisotopic (exact) mass is 295 g/mol. The van der Waals surface area contributed by atoms with Gasteiger partial charge in [0.25, 0.3) is 0 Å². The normalized spacial score (nSPS) is 32.9. The topological polar surface area (TPSA) is 23.5 Å². The van der Waals surface area contributed by atoms with Crippen LogP contribution in [0.25, 0.3) is 0 Å². The number of hydrogen-bond donors (Lipinski definition) is 1. The summed E-state index contributed by atoms with van der Waals surface area (Å²) in [6.45, 7) is 0.990. The quantitative estimate of drug-likeness (QED) is 0.847. The number of hydrogen-bond acceptors (Lipinski definition) is 2. The molecule has 2 fully saturated rings. The first-order valence-corrected chi connectivity index (χ1v) is 7.31. The standard InChI is InChI=1S/C14H18BrNO/c15-11-7-12-4-5-13(8-11)16(12)9-10-2-1-3-14(17)6-10/h1-3,6,11-13,17H,4-5,7-9H2. The Morgan fingerprint density at radius 1 is 1.24 bits per heavy atom. The number of fused-ring (bicyclic) bond motifs is 2. The van der Waals surface area contributed by atoms with Crippen molar-refractivity contribution in [3.8, 4) is 5.75 Å². The summed E-state index contributed by atoms with van der Waals surface area (Å²) in [5.74, 6) is 0.380. The molecule has 0 aromatic heterocycles. The van der Waals surface area contributed by atoms with E-state index in [1.165, 1.54) is 31.2 Å². The van der Waals surface area contributed by atoms with Gasteiger partial charge in [-0.05, 0) is 43.4 Å². The molecule has 2 atom stereocenters. The number of piperidine rings is 1. The largest absolute Gasteiger partial charge is 0.508 e. The summed E-state index contributed by atoms with van der Waals surface area (Å²) >= 11 is 3.77. The van der Waals surface area contributed by atoms with Crippen molar-refractivity contribution < 1.29 is 5.11 Å². The molecule has 0 spiro atoms. The van der Waals surface area contributed by atoms with Crippen LogP contribution in [-0.4, -0.2) is 26.9 Å². The van der Waals surface area contributed by atoms with E-state index in [9.17, 15) is 5.11 Å². The summed E-state index contributed by atoms with van der Waals surface area (Å²) in [5.41, 5.74) is 1.23. The number of alkyl halides is 1. The average molecular weight is 296 g/mol. The lowest BCUT2D eigenvalue weighted by molar-refractivity contribution is 0.137. The van der Waals surface area contributed by atoms with Gasteiger partial charge in [-0.1, -0.05) is 28.1 Å². The van der Waals surface area contributed by atoms with Crippen LogP contribution in [0.3, 0.4) is 0 Å². The van der Waals surface area contributed by atoms with E-state index in [2.05, 4.69) is 26.9 Å². The fraction of sp³-hybridized carbons (Fsp3) is 0.571. The van der Waals surface area contributed by atoms with Crippen LogP contribution in [0, 0.1) is 0 Å². The van der Waals surface area contributed by atoms with Crippen molar-refractivity contribution in [3.05, 3.63) is 29.8 Å². The minimum Gasteiger partial charge on any atom is -0.508 e. The molecule has 1 aromatic carbocycles. The molecule has 2 saturated heterocycles. The number of rotatable bonds is 2. The second-order valence-electron chi connectivity index (χ2n) is 5.30. The van der Waals surface area contributed by atoms with Crippen LogP contribution in [0.5, 0.6) is 5.75 Å². The molecule has 92 valence electrons. The van der Waals surface area contributed by atoms with Crippen LogP contribution in [0.2, 0.25) is 0 Å². The Morgan fingerprint density at radius 3 is 2.59 bits per heavy atom. The number of halogens is 1. The highest BCUT2D eigenvalue weighted by molar-refractivity contribution is 9.09. The molecule has 0 amide bonds. The second kappa shape index (κ2) is 4.62. The Kier molecular flexibility index (Phi) is 3.14. The summed E-state index contributed by atoms with van der Waals surface area (Å²) < 4.78 is 0. The Labute approximate surface area is 111 Å². The van der Waals surface area contributed by atoms with Gasteiger partial charge in [-0.25, -0.2) is 0 Å². The van der Waals surface area contributed by atoms with Crippen molar-refractivity contribution in [2.24, 2.45) is 0 Å². The van der Waals surface area contributed by atoms with E-state index in [4.69, 9.17) is 0 Å². The van der Waals surface area contributed by atoms with Crippen molar-refractivity contribution in [3.63, 3.8) is 0 Å². The molecule has 3 heteroatoms. The van der Waals surface area contributed by atoms with Gasteiger partial charge in [0.15, 0.2) is 0 Å². The zero-order valence-corrected chi connectivity index (χ0v) is 11.4. The highest BCUT2D eigenvalue weighted by Crippen LogP contribution is 2.39. The molecule has 0 aliphatic carbocycles. The molecule has 2 bridgehead atoms. The van der Waals surface area contributed by atoms with E-state index in [1.807, 2.05) is 12.1 Å². The maximum Gasteiger partial charge on any atom is 0.115 e. The fourth-order valence-corrected chi connectivity index (χ4v) is 4.19. The van der Waals surface area contributed by atoms with Crippen molar-refractivity contribution in [2.75, 3.05) is 0 Å². The minimum absolute atomic E-state index is 0.380. The summed E-state index contributed by atoms with van der Waals surface area (Å²) in [7, 11) is 0. The van der Waals surface area contributed by atoms with E-state index in [-0.39, 0.29) is 0 Å². The van der Waals surface area contributed by atoms with E-state index < -0.39 is 0 Å². The number of nitrogens with zero attached hydrogens (tertiary/aromatic N) is 1. The van der Waals surface area contributed by atoms with Crippen LogP contribution in [-0.2, 0) is 6.54 Å². The lowest BCUT2D eigenvalue weighted by Gasteiger charge is -2.37. The molecule has 17 heavy (non-hydrogen) atoms. The van der Waals surface area contributed by atoms with Crippen molar-refractivity contribution >= 4 is 15.9 Å². The molecular formula is C14H18BrNO. The van der Waals surface area contributed by atoms with Gasteiger partial charge in [0.05, 0.1) is 0 Å². The molecule has 2 unspecified atom stereocenters. The van der Waals surface area contributed by atoms with Gasteiger partial charge in [-0.2, -0.15) is 0 Å². The second-order valence-corrected chi connectivity index (χ2v) is 6.59. The van der Waals surface area contributed by atoms with E-state index >= 15 is 0 Å². The molecular weight excluding hydrogens is 278 g/mol. The van der Waals surface area contributed by atoms with Gasteiger partial charge in [0.2, 0.25) is 0 Å². The SMILES string of the molecule is Oc1cccc(CN2C3CCC2CC(Br)C3)c1. The van der Waals surface area contributed by atoms with Gasteiger partial charge < -0.3 is 5.11 Å². The van der Waals surface area contributed by atoms with Crippen LogP contribution in [0.15, 0.2) is 24.3 Å². The van der Waals surface area contributed by atoms with Gasteiger partial charge in [-0.3, -0.25) is 4.90 Å². The number of phenolic OH excluding ortho intramolecular Hbond substituents is 1. The lowest BCUT2D eigenvalue weighted by atomic mass is 10.0. The van der Waals surface area contributed by atoms with E-state index in [0.29, 0.717) is 10.6 Å². The highest BCUT2D eigenvalue weighted by atomic mass is 79.9. The van der Waals surface area contributed by atoms with Gasteiger partial charge >= 0.3 is 0 Å². The van der Waals surface area contributed by atoms with Crippen molar-refractivity contribution in [1.82, 2.24) is 4.90 Å². The Bertz CT molecular complexity index is 395. The minimum atomic E-state index is 0.380. The predicted molar refractivity (Wildman–Crippen MR) is 72.4 cm³/mol. The van der Waals surface area contributed by atoms with Crippen LogP contribution >= 0.6 is 15.9 Å². The summed E-state index contributed by atoms with van der Waals surface area (Å²) in [4.78, 5) is 3.34. The van der Waals surface area contributed by atoms with E-state index in [0.717, 1.165) is 18.6 Å². The zero-order valence-electron chi connectivity index (χ0n) is 9.85. The molecule has 0 radical (unpaired) electrons.